The number of aliphatic carboxylic acids is 1. The van der Waals surface area contributed by atoms with E-state index >= 15 is 0 Å². The summed E-state index contributed by atoms with van der Waals surface area (Å²) in [6.45, 7) is 0. The Hall–Kier alpha value is -1.07. The molecule has 1 fully saturated rings. The number of hydrogen-bond acceptors (Lipinski definition) is 2. The van der Waals surface area contributed by atoms with Gasteiger partial charge in [-0.3, -0.25) is 9.59 Å². The fraction of sp³-hybridized carbons (Fsp3) is 0.429. The van der Waals surface area contributed by atoms with Gasteiger partial charge in [-0.15, -0.1) is 0 Å². The van der Waals surface area contributed by atoms with Crippen LogP contribution < -0.4 is 5.32 Å². The number of benzene rings is 1. The van der Waals surface area contributed by atoms with E-state index in [1.165, 1.54) is 0 Å². The molecular formula is C14H15BrClNO3. The second-order valence-corrected chi connectivity index (χ2v) is 6.30. The molecule has 108 valence electrons. The van der Waals surface area contributed by atoms with Crippen molar-refractivity contribution in [3.8, 4) is 0 Å². The van der Waals surface area contributed by atoms with E-state index < -0.39 is 11.9 Å². The zero-order valence-electron chi connectivity index (χ0n) is 10.7. The molecule has 0 radical (unpaired) electrons. The zero-order valence-corrected chi connectivity index (χ0v) is 13.1. The van der Waals surface area contributed by atoms with Gasteiger partial charge < -0.3 is 10.4 Å². The van der Waals surface area contributed by atoms with Crippen molar-refractivity contribution in [3.05, 3.63) is 27.7 Å². The van der Waals surface area contributed by atoms with Gasteiger partial charge in [0.15, 0.2) is 0 Å². The normalized spacial score (nSPS) is 22.3. The summed E-state index contributed by atoms with van der Waals surface area (Å²) in [4.78, 5) is 23.2. The van der Waals surface area contributed by atoms with Gasteiger partial charge in [-0.05, 0) is 53.4 Å². The molecule has 0 heterocycles. The molecule has 0 bridgehead atoms. The molecule has 2 unspecified atom stereocenters. The summed E-state index contributed by atoms with van der Waals surface area (Å²) >= 11 is 9.19. The van der Waals surface area contributed by atoms with Gasteiger partial charge in [-0.1, -0.05) is 18.0 Å². The number of nitrogens with one attached hydrogen (secondary N) is 1. The zero-order chi connectivity index (χ0) is 14.7. The van der Waals surface area contributed by atoms with Gasteiger partial charge in [0.2, 0.25) is 5.91 Å². The minimum atomic E-state index is -0.810. The first-order valence-corrected chi connectivity index (χ1v) is 7.63. The molecule has 1 aliphatic rings. The number of carbonyl (C=O) groups excluding carboxylic acids is 1. The molecule has 1 amide bonds. The van der Waals surface area contributed by atoms with E-state index in [1.807, 2.05) is 0 Å². The molecule has 0 spiro atoms. The third-order valence-corrected chi connectivity index (χ3v) is 4.47. The number of hydrogen-bond donors (Lipinski definition) is 2. The van der Waals surface area contributed by atoms with Crippen molar-refractivity contribution in [2.75, 3.05) is 5.32 Å². The van der Waals surface area contributed by atoms with Crippen LogP contribution in [-0.2, 0) is 9.59 Å². The Kier molecular flexibility index (Phi) is 5.05. The quantitative estimate of drug-likeness (QED) is 0.858. The fourth-order valence-electron chi connectivity index (χ4n) is 2.48. The van der Waals surface area contributed by atoms with Crippen molar-refractivity contribution in [1.82, 2.24) is 0 Å². The topological polar surface area (TPSA) is 66.4 Å². The Bertz CT molecular complexity index is 535. The second kappa shape index (κ2) is 6.59. The molecule has 1 aromatic rings. The lowest BCUT2D eigenvalue weighted by Crippen LogP contribution is -2.31. The van der Waals surface area contributed by atoms with Gasteiger partial charge in [0.25, 0.3) is 0 Å². The molecule has 1 aromatic carbocycles. The minimum Gasteiger partial charge on any atom is -0.481 e. The Labute approximate surface area is 130 Å². The van der Waals surface area contributed by atoms with E-state index in [0.29, 0.717) is 28.0 Å². The molecule has 2 rings (SSSR count). The maximum absolute atomic E-state index is 12.2. The van der Waals surface area contributed by atoms with E-state index in [-0.39, 0.29) is 11.8 Å². The van der Waals surface area contributed by atoms with Gasteiger partial charge in [-0.2, -0.15) is 0 Å². The molecule has 6 heteroatoms. The number of rotatable bonds is 3. The highest BCUT2D eigenvalue weighted by molar-refractivity contribution is 9.10. The summed E-state index contributed by atoms with van der Waals surface area (Å²) in [5.41, 5.74) is 0.650. The van der Waals surface area contributed by atoms with Crippen molar-refractivity contribution >= 4 is 45.1 Å². The van der Waals surface area contributed by atoms with Crippen molar-refractivity contribution in [1.29, 1.82) is 0 Å². The average Bonchev–Trinajstić information content (AvgIpc) is 2.42. The maximum Gasteiger partial charge on any atom is 0.306 e. The standard InChI is InChI=1S/C14H15BrClNO3/c15-11-7-10(16)4-5-12(11)17-13(18)8-2-1-3-9(6-8)14(19)20/h4-5,7-9H,1-3,6H2,(H,17,18)(H,19,20). The number of carbonyl (C=O) groups is 2. The lowest BCUT2D eigenvalue weighted by atomic mass is 9.81. The van der Waals surface area contributed by atoms with Crippen LogP contribution in [-0.4, -0.2) is 17.0 Å². The number of carboxylic acids is 1. The fourth-order valence-corrected chi connectivity index (χ4v) is 3.26. The van der Waals surface area contributed by atoms with Crippen molar-refractivity contribution in [2.24, 2.45) is 11.8 Å². The summed E-state index contributed by atoms with van der Waals surface area (Å²) in [7, 11) is 0. The number of halogens is 2. The number of anilines is 1. The summed E-state index contributed by atoms with van der Waals surface area (Å²) in [5.74, 6) is -1.59. The van der Waals surface area contributed by atoms with E-state index in [4.69, 9.17) is 16.7 Å². The van der Waals surface area contributed by atoms with Crippen LogP contribution in [0.15, 0.2) is 22.7 Å². The molecule has 0 aromatic heterocycles. The van der Waals surface area contributed by atoms with E-state index in [0.717, 1.165) is 12.8 Å². The van der Waals surface area contributed by atoms with Crippen LogP contribution in [0.25, 0.3) is 0 Å². The van der Waals surface area contributed by atoms with Gasteiger partial charge in [0.05, 0.1) is 11.6 Å². The first kappa shape index (κ1) is 15.3. The number of carboxylic acid groups (broad SMARTS) is 1. The van der Waals surface area contributed by atoms with Crippen LogP contribution in [0.5, 0.6) is 0 Å². The summed E-state index contributed by atoms with van der Waals surface area (Å²) in [6, 6.07) is 5.13. The van der Waals surface area contributed by atoms with Crippen LogP contribution in [0.2, 0.25) is 5.02 Å². The molecule has 4 nitrogen and oxygen atoms in total. The lowest BCUT2D eigenvalue weighted by Gasteiger charge is -2.25. The van der Waals surface area contributed by atoms with Crippen molar-refractivity contribution in [3.63, 3.8) is 0 Å². The summed E-state index contributed by atoms with van der Waals surface area (Å²) < 4.78 is 0.712. The molecule has 2 N–H and O–H groups in total. The average molecular weight is 361 g/mol. The van der Waals surface area contributed by atoms with Crippen LogP contribution >= 0.6 is 27.5 Å². The molecule has 0 aliphatic heterocycles. The van der Waals surface area contributed by atoms with Crippen LogP contribution in [0.4, 0.5) is 5.69 Å². The van der Waals surface area contributed by atoms with Crippen molar-refractivity contribution < 1.29 is 14.7 Å². The first-order chi connectivity index (χ1) is 9.47. The SMILES string of the molecule is O=C(O)C1CCCC(C(=O)Nc2ccc(Cl)cc2Br)C1. The smallest absolute Gasteiger partial charge is 0.306 e. The monoisotopic (exact) mass is 359 g/mol. The first-order valence-electron chi connectivity index (χ1n) is 6.46. The van der Waals surface area contributed by atoms with Crippen LogP contribution in [0.1, 0.15) is 25.7 Å². The summed E-state index contributed by atoms with van der Waals surface area (Å²) in [5, 5.41) is 12.5. The maximum atomic E-state index is 12.2. The minimum absolute atomic E-state index is 0.126. The van der Waals surface area contributed by atoms with E-state index in [2.05, 4.69) is 21.2 Å². The second-order valence-electron chi connectivity index (χ2n) is 5.01. The van der Waals surface area contributed by atoms with Gasteiger partial charge in [0, 0.05) is 15.4 Å². The predicted octanol–water partition coefficient (Wildman–Crippen LogP) is 3.93. The Morgan fingerprint density at radius 1 is 1.30 bits per heavy atom. The molecule has 1 aliphatic carbocycles. The Balaban J connectivity index is 2.02. The van der Waals surface area contributed by atoms with Crippen LogP contribution in [0.3, 0.4) is 0 Å². The lowest BCUT2D eigenvalue weighted by molar-refractivity contribution is -0.143. The molecular weight excluding hydrogens is 346 g/mol. The third-order valence-electron chi connectivity index (χ3n) is 3.58. The Morgan fingerprint density at radius 2 is 2.00 bits per heavy atom. The number of amides is 1. The third kappa shape index (κ3) is 3.73. The van der Waals surface area contributed by atoms with Gasteiger partial charge >= 0.3 is 5.97 Å². The molecule has 1 saturated carbocycles. The summed E-state index contributed by atoms with van der Waals surface area (Å²) in [6.07, 6.45) is 2.58. The largest absolute Gasteiger partial charge is 0.481 e. The van der Waals surface area contributed by atoms with Crippen molar-refractivity contribution in [2.45, 2.75) is 25.7 Å². The van der Waals surface area contributed by atoms with Crippen LogP contribution in [0, 0.1) is 11.8 Å². The highest BCUT2D eigenvalue weighted by Gasteiger charge is 2.31. The van der Waals surface area contributed by atoms with E-state index in [1.54, 1.807) is 18.2 Å². The molecule has 2 atom stereocenters. The Morgan fingerprint density at radius 3 is 2.65 bits per heavy atom. The highest BCUT2D eigenvalue weighted by atomic mass is 79.9. The van der Waals surface area contributed by atoms with Gasteiger partial charge in [0.1, 0.15) is 0 Å². The molecule has 0 saturated heterocycles. The molecule has 20 heavy (non-hydrogen) atoms. The van der Waals surface area contributed by atoms with Gasteiger partial charge in [-0.25, -0.2) is 0 Å². The predicted molar refractivity (Wildman–Crippen MR) is 80.9 cm³/mol. The highest BCUT2D eigenvalue weighted by Crippen LogP contribution is 2.31. The van der Waals surface area contributed by atoms with E-state index in [9.17, 15) is 9.59 Å².